The molecule has 0 unspecified atom stereocenters. The number of imidazole rings is 1. The molecule has 19 heavy (non-hydrogen) atoms. The first-order chi connectivity index (χ1) is 9.31. The predicted octanol–water partition coefficient (Wildman–Crippen LogP) is 2.54. The van der Waals surface area contributed by atoms with Gasteiger partial charge in [-0.1, -0.05) is 0 Å². The molecule has 0 fully saturated rings. The smallest absolute Gasteiger partial charge is 0.153 e. The minimum Gasteiger partial charge on any atom is -0.454 e. The molecular weight excluding hydrogens is 245 g/mol. The average Bonchev–Trinajstić information content (AvgIpc) is 3.00. The fourth-order valence-corrected chi connectivity index (χ4v) is 2.53. The quantitative estimate of drug-likeness (QED) is 0.728. The topological polar surface area (TPSA) is 43.0 Å². The third kappa shape index (κ3) is 1.66. The highest BCUT2D eigenvalue weighted by atomic mass is 19.1. The van der Waals surface area contributed by atoms with Gasteiger partial charge in [-0.2, -0.15) is 0 Å². The number of benzene rings is 1. The van der Waals surface area contributed by atoms with Gasteiger partial charge in [-0.25, -0.2) is 9.37 Å². The Bertz CT molecular complexity index is 759. The lowest BCUT2D eigenvalue weighted by Gasteiger charge is -2.16. The predicted molar refractivity (Wildman–Crippen MR) is 69.1 cm³/mol. The number of nitrogens with one attached hydrogen (secondary N) is 1. The van der Waals surface area contributed by atoms with Gasteiger partial charge in [0, 0.05) is 18.5 Å². The number of hydrogen-bond donors (Lipinski definition) is 1. The fraction of sp³-hybridized carbons (Fsp3) is 0.214. The monoisotopic (exact) mass is 257 g/mol. The fourth-order valence-electron chi connectivity index (χ4n) is 2.53. The molecule has 0 aliphatic carbocycles. The van der Waals surface area contributed by atoms with Crippen molar-refractivity contribution in [2.24, 2.45) is 0 Å². The molecule has 0 spiro atoms. The SMILES string of the molecule is Fc1ccc2oc(-c3cnc4n3CCNC4)cc2c1. The summed E-state index contributed by atoms with van der Waals surface area (Å²) in [4.78, 5) is 4.39. The van der Waals surface area contributed by atoms with Gasteiger partial charge in [-0.3, -0.25) is 0 Å². The summed E-state index contributed by atoms with van der Waals surface area (Å²) in [5.74, 6) is 1.49. The van der Waals surface area contributed by atoms with Crippen molar-refractivity contribution in [2.75, 3.05) is 6.54 Å². The first-order valence-corrected chi connectivity index (χ1v) is 6.26. The molecule has 5 heteroatoms. The van der Waals surface area contributed by atoms with Crippen molar-refractivity contribution >= 4 is 11.0 Å². The van der Waals surface area contributed by atoms with E-state index in [9.17, 15) is 4.39 Å². The Hall–Kier alpha value is -2.14. The normalized spacial score (nSPS) is 14.8. The second-order valence-electron chi connectivity index (χ2n) is 4.68. The largest absolute Gasteiger partial charge is 0.454 e. The van der Waals surface area contributed by atoms with Crippen LogP contribution in [0.5, 0.6) is 0 Å². The number of halogens is 1. The number of nitrogens with zero attached hydrogens (tertiary/aromatic N) is 2. The summed E-state index contributed by atoms with van der Waals surface area (Å²) in [7, 11) is 0. The first-order valence-electron chi connectivity index (χ1n) is 6.26. The molecule has 4 nitrogen and oxygen atoms in total. The summed E-state index contributed by atoms with van der Waals surface area (Å²) in [5, 5.41) is 4.05. The Morgan fingerprint density at radius 1 is 1.32 bits per heavy atom. The number of fused-ring (bicyclic) bond motifs is 2. The summed E-state index contributed by atoms with van der Waals surface area (Å²) in [5.41, 5.74) is 1.65. The third-order valence-corrected chi connectivity index (χ3v) is 3.46. The van der Waals surface area contributed by atoms with E-state index in [4.69, 9.17) is 4.42 Å². The van der Waals surface area contributed by atoms with Crippen LogP contribution in [0.2, 0.25) is 0 Å². The Kier molecular flexibility index (Phi) is 2.22. The molecule has 2 aromatic heterocycles. The highest BCUT2D eigenvalue weighted by molar-refractivity contribution is 5.82. The second-order valence-corrected chi connectivity index (χ2v) is 4.68. The number of furan rings is 1. The van der Waals surface area contributed by atoms with Crippen molar-refractivity contribution in [1.82, 2.24) is 14.9 Å². The summed E-state index contributed by atoms with van der Waals surface area (Å²) in [6.45, 7) is 2.57. The Morgan fingerprint density at radius 3 is 3.21 bits per heavy atom. The van der Waals surface area contributed by atoms with Crippen LogP contribution in [0.25, 0.3) is 22.4 Å². The maximum Gasteiger partial charge on any atom is 0.153 e. The minimum atomic E-state index is -0.251. The maximum absolute atomic E-state index is 13.2. The minimum absolute atomic E-state index is 0.251. The van der Waals surface area contributed by atoms with Crippen LogP contribution < -0.4 is 5.32 Å². The van der Waals surface area contributed by atoms with Gasteiger partial charge >= 0.3 is 0 Å². The van der Waals surface area contributed by atoms with Crippen LogP contribution in [0.15, 0.2) is 34.9 Å². The lowest BCUT2D eigenvalue weighted by molar-refractivity contribution is 0.503. The summed E-state index contributed by atoms with van der Waals surface area (Å²) in [6.07, 6.45) is 1.82. The molecule has 1 aliphatic rings. The third-order valence-electron chi connectivity index (χ3n) is 3.46. The first kappa shape index (κ1) is 10.8. The van der Waals surface area contributed by atoms with E-state index in [0.29, 0.717) is 5.58 Å². The molecule has 1 aliphatic heterocycles. The van der Waals surface area contributed by atoms with Gasteiger partial charge in [0.1, 0.15) is 22.9 Å². The van der Waals surface area contributed by atoms with Gasteiger partial charge < -0.3 is 14.3 Å². The summed E-state index contributed by atoms with van der Waals surface area (Å²) >= 11 is 0. The lowest BCUT2D eigenvalue weighted by Crippen LogP contribution is -2.28. The number of aromatic nitrogens is 2. The van der Waals surface area contributed by atoms with Crippen molar-refractivity contribution in [2.45, 2.75) is 13.1 Å². The van der Waals surface area contributed by atoms with Crippen LogP contribution in [0.1, 0.15) is 5.82 Å². The second kappa shape index (κ2) is 3.93. The van der Waals surface area contributed by atoms with E-state index in [0.717, 1.165) is 42.3 Å². The Labute approximate surface area is 108 Å². The van der Waals surface area contributed by atoms with Crippen molar-refractivity contribution in [3.05, 3.63) is 42.1 Å². The summed E-state index contributed by atoms with van der Waals surface area (Å²) in [6, 6.07) is 6.41. The molecule has 1 N–H and O–H groups in total. The van der Waals surface area contributed by atoms with E-state index < -0.39 is 0 Å². The molecule has 0 amide bonds. The van der Waals surface area contributed by atoms with Crippen molar-refractivity contribution < 1.29 is 8.81 Å². The van der Waals surface area contributed by atoms with E-state index in [-0.39, 0.29) is 5.82 Å². The van der Waals surface area contributed by atoms with Crippen LogP contribution >= 0.6 is 0 Å². The highest BCUT2D eigenvalue weighted by Crippen LogP contribution is 2.29. The molecule has 0 radical (unpaired) electrons. The molecule has 4 rings (SSSR count). The Morgan fingerprint density at radius 2 is 2.26 bits per heavy atom. The zero-order valence-electron chi connectivity index (χ0n) is 10.2. The molecule has 96 valence electrons. The van der Waals surface area contributed by atoms with E-state index in [1.54, 1.807) is 6.07 Å². The van der Waals surface area contributed by atoms with Gasteiger partial charge in [0.15, 0.2) is 5.76 Å². The molecule has 1 aromatic carbocycles. The van der Waals surface area contributed by atoms with Gasteiger partial charge in [0.05, 0.1) is 12.7 Å². The van der Waals surface area contributed by atoms with Crippen LogP contribution in [0, 0.1) is 5.82 Å². The van der Waals surface area contributed by atoms with Gasteiger partial charge in [-0.15, -0.1) is 0 Å². The van der Waals surface area contributed by atoms with Crippen molar-refractivity contribution in [3.8, 4) is 11.5 Å². The maximum atomic E-state index is 13.2. The van der Waals surface area contributed by atoms with Crippen LogP contribution in [0.4, 0.5) is 4.39 Å². The lowest BCUT2D eigenvalue weighted by atomic mass is 10.2. The average molecular weight is 257 g/mol. The zero-order valence-corrected chi connectivity index (χ0v) is 10.2. The van der Waals surface area contributed by atoms with E-state index in [1.165, 1.54) is 12.1 Å². The Balaban J connectivity index is 1.88. The van der Waals surface area contributed by atoms with Crippen LogP contribution in [-0.4, -0.2) is 16.1 Å². The van der Waals surface area contributed by atoms with Gasteiger partial charge in [-0.05, 0) is 24.3 Å². The molecule has 3 aromatic rings. The zero-order chi connectivity index (χ0) is 12.8. The number of rotatable bonds is 1. The highest BCUT2D eigenvalue weighted by Gasteiger charge is 2.17. The van der Waals surface area contributed by atoms with Gasteiger partial charge in [0.2, 0.25) is 0 Å². The van der Waals surface area contributed by atoms with E-state index in [1.807, 2.05) is 12.3 Å². The van der Waals surface area contributed by atoms with E-state index >= 15 is 0 Å². The standard InChI is InChI=1S/C14H12FN3O/c15-10-1-2-12-9(5-10)6-13(19-12)11-7-17-14-8-16-3-4-18(11)14/h1-2,5-7,16H,3-4,8H2. The molecule has 0 saturated carbocycles. The number of hydrogen-bond acceptors (Lipinski definition) is 3. The van der Waals surface area contributed by atoms with Gasteiger partial charge in [0.25, 0.3) is 0 Å². The molecule has 0 atom stereocenters. The molecule has 3 heterocycles. The summed E-state index contributed by atoms with van der Waals surface area (Å²) < 4.78 is 21.1. The van der Waals surface area contributed by atoms with Crippen molar-refractivity contribution in [3.63, 3.8) is 0 Å². The molecule has 0 saturated heterocycles. The molecule has 0 bridgehead atoms. The van der Waals surface area contributed by atoms with Crippen LogP contribution in [-0.2, 0) is 13.1 Å². The van der Waals surface area contributed by atoms with Crippen molar-refractivity contribution in [1.29, 1.82) is 0 Å². The molecular formula is C14H12FN3O. The van der Waals surface area contributed by atoms with Crippen LogP contribution in [0.3, 0.4) is 0 Å². The van der Waals surface area contributed by atoms with E-state index in [2.05, 4.69) is 14.9 Å².